The largest absolute Gasteiger partial charge is 0.495 e. The van der Waals surface area contributed by atoms with Gasteiger partial charge in [0.15, 0.2) is 11.5 Å². The number of ether oxygens (including phenoxy) is 3. The molecule has 1 aliphatic heterocycles. The fourth-order valence-electron chi connectivity index (χ4n) is 2.59. The van der Waals surface area contributed by atoms with Gasteiger partial charge in [0.25, 0.3) is 0 Å². The molecule has 0 radical (unpaired) electrons. The average molecular weight is 299 g/mol. The van der Waals surface area contributed by atoms with Gasteiger partial charge in [0, 0.05) is 12.5 Å². The van der Waals surface area contributed by atoms with Crippen LogP contribution in [0.25, 0.3) is 0 Å². The van der Waals surface area contributed by atoms with Crippen LogP contribution < -0.4 is 14.2 Å². The Balaban J connectivity index is 2.24. The minimum Gasteiger partial charge on any atom is -0.495 e. The van der Waals surface area contributed by atoms with Crippen molar-refractivity contribution in [1.29, 1.82) is 0 Å². The lowest BCUT2D eigenvalue weighted by molar-refractivity contribution is -0.140. The zero-order valence-electron chi connectivity index (χ0n) is 11.1. The Morgan fingerprint density at radius 3 is 2.70 bits per heavy atom. The van der Waals surface area contributed by atoms with Gasteiger partial charge < -0.3 is 19.3 Å². The van der Waals surface area contributed by atoms with Gasteiger partial charge in [0.1, 0.15) is 11.2 Å². The first-order chi connectivity index (χ1) is 9.60. The van der Waals surface area contributed by atoms with Crippen molar-refractivity contribution in [1.82, 2.24) is 0 Å². The topological polar surface area (TPSA) is 65.0 Å². The van der Waals surface area contributed by atoms with Crippen LogP contribution in [0.5, 0.6) is 17.2 Å². The lowest BCUT2D eigenvalue weighted by atomic mass is 9.93. The van der Waals surface area contributed by atoms with Crippen molar-refractivity contribution in [2.75, 3.05) is 20.3 Å². The molecule has 2 aliphatic rings. The van der Waals surface area contributed by atoms with Crippen molar-refractivity contribution in [3.63, 3.8) is 0 Å². The fourth-order valence-corrected chi connectivity index (χ4v) is 2.86. The van der Waals surface area contributed by atoms with Crippen LogP contribution in [0.15, 0.2) is 6.07 Å². The normalized spacial score (nSPS) is 19.1. The van der Waals surface area contributed by atoms with Gasteiger partial charge in [0.2, 0.25) is 0 Å². The molecule has 108 valence electrons. The van der Waals surface area contributed by atoms with E-state index in [1.54, 1.807) is 6.07 Å². The Morgan fingerprint density at radius 2 is 2.10 bits per heavy atom. The molecule has 0 bridgehead atoms. The van der Waals surface area contributed by atoms with Gasteiger partial charge in [-0.1, -0.05) is 11.6 Å². The molecule has 0 unspecified atom stereocenters. The van der Waals surface area contributed by atoms with Gasteiger partial charge in [-0.25, -0.2) is 0 Å². The monoisotopic (exact) mass is 298 g/mol. The number of rotatable bonds is 3. The summed E-state index contributed by atoms with van der Waals surface area (Å²) in [5.74, 6) is 0.448. The van der Waals surface area contributed by atoms with Crippen LogP contribution in [0, 0.1) is 0 Å². The third kappa shape index (κ3) is 1.88. The van der Waals surface area contributed by atoms with E-state index in [1.165, 1.54) is 7.11 Å². The highest BCUT2D eigenvalue weighted by Gasteiger charge is 2.56. The van der Waals surface area contributed by atoms with E-state index in [2.05, 4.69) is 0 Å². The number of hydrogen-bond acceptors (Lipinski definition) is 4. The molecule has 6 heteroatoms. The summed E-state index contributed by atoms with van der Waals surface area (Å²) in [6, 6.07) is 1.63. The van der Waals surface area contributed by atoms with Gasteiger partial charge >= 0.3 is 5.97 Å². The number of carbonyl (C=O) groups is 1. The predicted octanol–water partition coefficient (Wildman–Crippen LogP) is 2.63. The second-order valence-electron chi connectivity index (χ2n) is 5.03. The van der Waals surface area contributed by atoms with Crippen LogP contribution in [0.4, 0.5) is 0 Å². The Kier molecular flexibility index (Phi) is 3.17. The van der Waals surface area contributed by atoms with Crippen molar-refractivity contribution in [3.8, 4) is 17.2 Å². The maximum Gasteiger partial charge on any atom is 0.314 e. The summed E-state index contributed by atoms with van der Waals surface area (Å²) in [7, 11) is 1.48. The minimum absolute atomic E-state index is 0.347. The molecule has 0 saturated heterocycles. The lowest BCUT2D eigenvalue weighted by Gasteiger charge is -2.21. The van der Waals surface area contributed by atoms with Gasteiger partial charge in [-0.05, 0) is 12.8 Å². The molecule has 1 fully saturated rings. The van der Waals surface area contributed by atoms with E-state index >= 15 is 0 Å². The zero-order chi connectivity index (χ0) is 14.3. The van der Waals surface area contributed by atoms with Crippen molar-refractivity contribution in [2.24, 2.45) is 0 Å². The molecular weight excluding hydrogens is 284 g/mol. The van der Waals surface area contributed by atoms with Crippen molar-refractivity contribution in [3.05, 3.63) is 16.7 Å². The number of benzene rings is 1. The Labute approximate surface area is 121 Å². The molecule has 20 heavy (non-hydrogen) atoms. The molecule has 1 saturated carbocycles. The number of carboxylic acids is 1. The molecule has 1 aromatic carbocycles. The number of hydrogen-bond donors (Lipinski definition) is 1. The van der Waals surface area contributed by atoms with E-state index in [4.69, 9.17) is 25.8 Å². The fraction of sp³-hybridized carbons (Fsp3) is 0.500. The SMILES string of the molecule is COc1c(Cl)cc2c(c1C1(C(=O)O)CC1)OCCCO2. The standard InChI is InChI=1S/C14H15ClO5/c1-18-11-8(15)7-9-12(20-6-2-5-19-9)10(11)14(3-4-14)13(16)17/h7H,2-6H2,1H3,(H,16,17). The molecule has 1 aromatic rings. The molecular formula is C14H15ClO5. The van der Waals surface area contributed by atoms with Crippen LogP contribution in [0.3, 0.4) is 0 Å². The lowest BCUT2D eigenvalue weighted by Crippen LogP contribution is -2.22. The first-order valence-electron chi connectivity index (χ1n) is 6.50. The third-order valence-corrected chi connectivity index (χ3v) is 4.07. The van der Waals surface area contributed by atoms with Gasteiger partial charge in [-0.15, -0.1) is 0 Å². The third-order valence-electron chi connectivity index (χ3n) is 3.79. The second-order valence-corrected chi connectivity index (χ2v) is 5.44. The highest BCUT2D eigenvalue weighted by molar-refractivity contribution is 6.32. The van der Waals surface area contributed by atoms with Crippen LogP contribution in [-0.4, -0.2) is 31.4 Å². The smallest absolute Gasteiger partial charge is 0.314 e. The Morgan fingerprint density at radius 1 is 1.40 bits per heavy atom. The van der Waals surface area contributed by atoms with Gasteiger partial charge in [-0.3, -0.25) is 4.79 Å². The highest BCUT2D eigenvalue weighted by atomic mass is 35.5. The molecule has 0 aromatic heterocycles. The van der Waals surface area contributed by atoms with Crippen LogP contribution in [0.1, 0.15) is 24.8 Å². The van der Waals surface area contributed by atoms with Crippen LogP contribution in [0.2, 0.25) is 5.02 Å². The molecule has 5 nitrogen and oxygen atoms in total. The maximum absolute atomic E-state index is 11.6. The summed E-state index contributed by atoms with van der Waals surface area (Å²) < 4.78 is 16.7. The van der Waals surface area contributed by atoms with E-state index < -0.39 is 11.4 Å². The molecule has 0 spiro atoms. The highest BCUT2D eigenvalue weighted by Crippen LogP contribution is 2.59. The maximum atomic E-state index is 11.6. The van der Waals surface area contributed by atoms with Gasteiger partial charge in [-0.2, -0.15) is 0 Å². The average Bonchev–Trinajstić information content (AvgIpc) is 3.21. The molecule has 1 aliphatic carbocycles. The number of methoxy groups -OCH3 is 1. The predicted molar refractivity (Wildman–Crippen MR) is 72.2 cm³/mol. The van der Waals surface area contributed by atoms with Crippen LogP contribution in [-0.2, 0) is 10.2 Å². The molecule has 1 N–H and O–H groups in total. The summed E-state index contributed by atoms with van der Waals surface area (Å²) in [4.78, 5) is 11.6. The Bertz CT molecular complexity index is 565. The quantitative estimate of drug-likeness (QED) is 0.929. The molecule has 3 rings (SSSR count). The van der Waals surface area contributed by atoms with Crippen molar-refractivity contribution < 1.29 is 24.1 Å². The van der Waals surface area contributed by atoms with Crippen molar-refractivity contribution >= 4 is 17.6 Å². The summed E-state index contributed by atoms with van der Waals surface area (Å²) in [6.07, 6.45) is 1.85. The van der Waals surface area contributed by atoms with E-state index in [-0.39, 0.29) is 0 Å². The second kappa shape index (κ2) is 4.74. The van der Waals surface area contributed by atoms with E-state index in [0.29, 0.717) is 53.9 Å². The number of aliphatic carboxylic acids is 1. The summed E-state index contributed by atoms with van der Waals surface area (Å²) in [5, 5.41) is 9.89. The minimum atomic E-state index is -0.964. The number of carboxylic acid groups (broad SMARTS) is 1. The zero-order valence-corrected chi connectivity index (χ0v) is 11.8. The van der Waals surface area contributed by atoms with E-state index in [9.17, 15) is 9.90 Å². The summed E-state index contributed by atoms with van der Waals surface area (Å²) in [5.41, 5.74) is -0.453. The molecule has 0 atom stereocenters. The number of fused-ring (bicyclic) bond motifs is 1. The van der Waals surface area contributed by atoms with Crippen LogP contribution >= 0.6 is 11.6 Å². The molecule has 1 heterocycles. The number of halogens is 1. The Hall–Kier alpha value is -1.62. The first-order valence-corrected chi connectivity index (χ1v) is 6.88. The summed E-state index contributed by atoms with van der Waals surface area (Å²) in [6.45, 7) is 1.01. The van der Waals surface area contributed by atoms with E-state index in [0.717, 1.165) is 6.42 Å². The molecule has 0 amide bonds. The first kappa shape index (κ1) is 13.4. The van der Waals surface area contributed by atoms with E-state index in [1.807, 2.05) is 0 Å². The van der Waals surface area contributed by atoms with Crippen molar-refractivity contribution in [2.45, 2.75) is 24.7 Å². The van der Waals surface area contributed by atoms with Gasteiger partial charge in [0.05, 0.1) is 30.9 Å². The summed E-state index contributed by atoms with van der Waals surface area (Å²) >= 11 is 6.20.